The van der Waals surface area contributed by atoms with Crippen molar-refractivity contribution in [2.45, 2.75) is 19.3 Å². The highest BCUT2D eigenvalue weighted by Crippen LogP contribution is 2.50. The van der Waals surface area contributed by atoms with Gasteiger partial charge in [-0.2, -0.15) is 0 Å². The first-order chi connectivity index (χ1) is 30.0. The number of para-hydroxylation sites is 3. The predicted octanol–water partition coefficient (Wildman–Crippen LogP) is 14.6. The van der Waals surface area contributed by atoms with Crippen LogP contribution in [0.2, 0.25) is 0 Å². The lowest BCUT2D eigenvalue weighted by molar-refractivity contribution is 0.660. The summed E-state index contributed by atoms with van der Waals surface area (Å²) in [5.41, 5.74) is 15.2. The highest BCUT2D eigenvalue weighted by Gasteiger charge is 2.35. The average Bonchev–Trinajstić information content (AvgIpc) is 3.92. The fourth-order valence-electron chi connectivity index (χ4n) is 10.6. The second kappa shape index (κ2) is 12.6. The zero-order valence-corrected chi connectivity index (χ0v) is 33.8. The number of fused-ring (bicyclic) bond motifs is 12. The molecule has 0 aliphatic heterocycles. The van der Waals surface area contributed by atoms with Gasteiger partial charge in [-0.3, -0.25) is 4.57 Å². The maximum Gasteiger partial charge on any atom is 0.162 e. The molecule has 4 heteroatoms. The topological polar surface area (TPSA) is 35.6 Å². The van der Waals surface area contributed by atoms with Crippen molar-refractivity contribution in [2.75, 3.05) is 0 Å². The number of rotatable bonds is 4. The summed E-state index contributed by atoms with van der Waals surface area (Å²) >= 11 is 0. The van der Waals surface area contributed by atoms with Gasteiger partial charge in [-0.25, -0.2) is 9.97 Å². The Morgan fingerprint density at radius 2 is 0.967 bits per heavy atom. The van der Waals surface area contributed by atoms with Crippen molar-refractivity contribution < 1.29 is 0 Å². The van der Waals surface area contributed by atoms with Crippen molar-refractivity contribution in [3.8, 4) is 45.1 Å². The quantitative estimate of drug-likeness (QED) is 0.167. The lowest BCUT2D eigenvalue weighted by Gasteiger charge is -2.22. The van der Waals surface area contributed by atoms with Crippen molar-refractivity contribution >= 4 is 65.3 Å². The van der Waals surface area contributed by atoms with Crippen LogP contribution in [0, 0.1) is 0 Å². The van der Waals surface area contributed by atoms with E-state index in [2.05, 4.69) is 217 Å². The standard InChI is InChI=1S/C57H38N4/c1-57(2)46-25-11-8-20-39(46)40-32-31-36(34-47(40)57)55-58-54-38-19-7-6-16-35(38)30-33-45(54)56(59-55)61-49-27-13-10-22-44(49)53-42(24-15-29-51(53)61)41-23-14-28-50-52(41)43-21-9-12-26-48(43)60(50)37-17-4-3-5-18-37/h3-34H,1-2H3. The molecule has 9 aromatic carbocycles. The Kier molecular flexibility index (Phi) is 7.04. The lowest BCUT2D eigenvalue weighted by atomic mass is 9.82. The van der Waals surface area contributed by atoms with E-state index in [1.807, 2.05) is 0 Å². The van der Waals surface area contributed by atoms with Gasteiger partial charge in [0.2, 0.25) is 0 Å². The summed E-state index contributed by atoms with van der Waals surface area (Å²) in [5.74, 6) is 1.59. The van der Waals surface area contributed by atoms with Gasteiger partial charge in [0.1, 0.15) is 5.82 Å². The minimum atomic E-state index is -0.145. The zero-order valence-electron chi connectivity index (χ0n) is 33.8. The summed E-state index contributed by atoms with van der Waals surface area (Å²) in [6.45, 7) is 4.66. The molecule has 0 radical (unpaired) electrons. The second-order valence-electron chi connectivity index (χ2n) is 16.9. The molecule has 0 spiro atoms. The van der Waals surface area contributed by atoms with Gasteiger partial charge < -0.3 is 4.57 Å². The summed E-state index contributed by atoms with van der Waals surface area (Å²) in [5, 5.41) is 8.14. The highest BCUT2D eigenvalue weighted by molar-refractivity contribution is 6.22. The Balaban J connectivity index is 1.10. The van der Waals surface area contributed by atoms with Crippen LogP contribution in [0.3, 0.4) is 0 Å². The van der Waals surface area contributed by atoms with E-state index in [4.69, 9.17) is 9.97 Å². The highest BCUT2D eigenvalue weighted by atomic mass is 15.1. The molecule has 0 amide bonds. The van der Waals surface area contributed by atoms with Crippen LogP contribution in [-0.2, 0) is 5.41 Å². The first kappa shape index (κ1) is 34.1. The van der Waals surface area contributed by atoms with Crippen LogP contribution in [-0.4, -0.2) is 19.1 Å². The van der Waals surface area contributed by atoms with Gasteiger partial charge in [-0.05, 0) is 87.3 Å². The normalized spacial score (nSPS) is 13.2. The molecule has 0 bridgehead atoms. The van der Waals surface area contributed by atoms with E-state index >= 15 is 0 Å². The minimum absolute atomic E-state index is 0.145. The van der Waals surface area contributed by atoms with E-state index in [1.165, 1.54) is 66.0 Å². The largest absolute Gasteiger partial charge is 0.309 e. The van der Waals surface area contributed by atoms with E-state index < -0.39 is 0 Å². The van der Waals surface area contributed by atoms with E-state index in [9.17, 15) is 0 Å². The molecule has 0 atom stereocenters. The van der Waals surface area contributed by atoms with E-state index in [0.29, 0.717) is 5.82 Å². The molecule has 0 fully saturated rings. The second-order valence-corrected chi connectivity index (χ2v) is 16.9. The molecule has 1 aliphatic rings. The van der Waals surface area contributed by atoms with E-state index in [1.54, 1.807) is 0 Å². The Bertz CT molecular complexity index is 3790. The molecule has 0 saturated heterocycles. The van der Waals surface area contributed by atoms with Gasteiger partial charge in [0.05, 0.1) is 27.6 Å². The Morgan fingerprint density at radius 3 is 1.72 bits per heavy atom. The number of hydrogen-bond acceptors (Lipinski definition) is 2. The average molecular weight is 779 g/mol. The summed E-state index contributed by atoms with van der Waals surface area (Å²) in [6.07, 6.45) is 0. The van der Waals surface area contributed by atoms with Crippen LogP contribution in [0.15, 0.2) is 194 Å². The number of aromatic nitrogens is 4. The molecule has 286 valence electrons. The molecule has 13 rings (SSSR count). The number of benzene rings is 9. The summed E-state index contributed by atoms with van der Waals surface area (Å²) < 4.78 is 4.78. The van der Waals surface area contributed by atoms with Crippen LogP contribution in [0.4, 0.5) is 0 Å². The van der Waals surface area contributed by atoms with Crippen LogP contribution in [0.5, 0.6) is 0 Å². The third-order valence-electron chi connectivity index (χ3n) is 13.3. The Labute approximate surface area is 352 Å². The van der Waals surface area contributed by atoms with Gasteiger partial charge in [-0.15, -0.1) is 0 Å². The van der Waals surface area contributed by atoms with Crippen molar-refractivity contribution in [1.82, 2.24) is 19.1 Å². The summed E-state index contributed by atoms with van der Waals surface area (Å²) in [6, 6.07) is 70.5. The minimum Gasteiger partial charge on any atom is -0.309 e. The maximum atomic E-state index is 5.62. The summed E-state index contributed by atoms with van der Waals surface area (Å²) in [4.78, 5) is 11.1. The Hall–Kier alpha value is -7.82. The van der Waals surface area contributed by atoms with Crippen molar-refractivity contribution in [3.05, 3.63) is 205 Å². The summed E-state index contributed by atoms with van der Waals surface area (Å²) in [7, 11) is 0. The van der Waals surface area contributed by atoms with Gasteiger partial charge in [0.25, 0.3) is 0 Å². The van der Waals surface area contributed by atoms with Gasteiger partial charge in [0, 0.05) is 49.0 Å². The van der Waals surface area contributed by atoms with Crippen LogP contribution >= 0.6 is 0 Å². The third kappa shape index (κ3) is 4.76. The van der Waals surface area contributed by atoms with Crippen LogP contribution in [0.25, 0.3) is 110 Å². The zero-order chi connectivity index (χ0) is 40.4. The molecule has 1 aliphatic carbocycles. The fraction of sp³-hybridized carbons (Fsp3) is 0.0526. The predicted molar refractivity (Wildman–Crippen MR) is 254 cm³/mol. The number of nitrogens with zero attached hydrogens (tertiary/aromatic N) is 4. The number of hydrogen-bond donors (Lipinski definition) is 0. The van der Waals surface area contributed by atoms with Gasteiger partial charge in [0.15, 0.2) is 5.82 Å². The molecule has 0 N–H and O–H groups in total. The Morgan fingerprint density at radius 1 is 0.393 bits per heavy atom. The van der Waals surface area contributed by atoms with Crippen LogP contribution in [0.1, 0.15) is 25.0 Å². The molecule has 3 heterocycles. The van der Waals surface area contributed by atoms with Crippen molar-refractivity contribution in [3.63, 3.8) is 0 Å². The lowest BCUT2D eigenvalue weighted by Crippen LogP contribution is -2.15. The van der Waals surface area contributed by atoms with Gasteiger partial charge >= 0.3 is 0 Å². The molecule has 61 heavy (non-hydrogen) atoms. The third-order valence-corrected chi connectivity index (χ3v) is 13.3. The molecular formula is C57H38N4. The molecule has 4 nitrogen and oxygen atoms in total. The first-order valence-electron chi connectivity index (χ1n) is 21.1. The molecular weight excluding hydrogens is 741 g/mol. The monoisotopic (exact) mass is 778 g/mol. The van der Waals surface area contributed by atoms with Crippen molar-refractivity contribution in [2.24, 2.45) is 0 Å². The maximum absolute atomic E-state index is 5.62. The smallest absolute Gasteiger partial charge is 0.162 e. The fourth-order valence-corrected chi connectivity index (χ4v) is 10.6. The van der Waals surface area contributed by atoms with Crippen molar-refractivity contribution in [1.29, 1.82) is 0 Å². The molecule has 12 aromatic rings. The van der Waals surface area contributed by atoms with E-state index in [-0.39, 0.29) is 5.41 Å². The molecule has 0 saturated carbocycles. The van der Waals surface area contributed by atoms with Gasteiger partial charge in [-0.1, -0.05) is 159 Å². The SMILES string of the molecule is CC1(C)c2ccccc2-c2ccc(-c3nc(-n4c5ccccc5c5c(-c6cccc7c6c6ccccc6n7-c6ccccc6)cccc54)c4ccc5ccccc5c4n3)cc21. The van der Waals surface area contributed by atoms with E-state index in [0.717, 1.165) is 49.8 Å². The van der Waals surface area contributed by atoms with Crippen LogP contribution < -0.4 is 0 Å². The molecule has 0 unspecified atom stereocenters. The first-order valence-corrected chi connectivity index (χ1v) is 21.1. The molecule has 3 aromatic heterocycles.